The van der Waals surface area contributed by atoms with Crippen LogP contribution in [0.1, 0.15) is 27.0 Å². The quantitative estimate of drug-likeness (QED) is 0.305. The summed E-state index contributed by atoms with van der Waals surface area (Å²) in [6, 6.07) is 5.87. The molecule has 2 aromatic heterocycles. The van der Waals surface area contributed by atoms with Gasteiger partial charge in [0.1, 0.15) is 11.8 Å². The Balaban J connectivity index is 2.00. The van der Waals surface area contributed by atoms with Crippen LogP contribution >= 0.6 is 22.6 Å². The van der Waals surface area contributed by atoms with Gasteiger partial charge in [-0.15, -0.1) is 0 Å². The fourth-order valence-electron chi connectivity index (χ4n) is 2.71. The maximum Gasteiger partial charge on any atom is 0.280 e. The minimum Gasteiger partial charge on any atom is -0.366 e. The van der Waals surface area contributed by atoms with Crippen LogP contribution in [-0.4, -0.2) is 24.4 Å². The van der Waals surface area contributed by atoms with Crippen molar-refractivity contribution in [3.63, 3.8) is 0 Å². The topological polar surface area (TPSA) is 114 Å². The van der Waals surface area contributed by atoms with Gasteiger partial charge in [0.15, 0.2) is 5.82 Å². The maximum absolute atomic E-state index is 11.6. The molecular weight excluding hydrogens is 447 g/mol. The highest BCUT2D eigenvalue weighted by Gasteiger charge is 2.16. The number of fused-ring (bicyclic) bond motifs is 1. The molecule has 0 aliphatic carbocycles. The van der Waals surface area contributed by atoms with E-state index in [-0.39, 0.29) is 3.91 Å². The summed E-state index contributed by atoms with van der Waals surface area (Å²) in [6.45, 7) is 4.22. The number of hydrogen-bond donors (Lipinski definition) is 3. The van der Waals surface area contributed by atoms with Gasteiger partial charge < -0.3 is 16.4 Å². The number of aromatic nitrogens is 3. The summed E-state index contributed by atoms with van der Waals surface area (Å²) in [4.78, 5) is 27.0. The molecule has 0 radical (unpaired) electrons. The van der Waals surface area contributed by atoms with Crippen LogP contribution in [0.5, 0.6) is 0 Å². The van der Waals surface area contributed by atoms with Crippen molar-refractivity contribution >= 4 is 49.4 Å². The van der Waals surface area contributed by atoms with Gasteiger partial charge >= 0.3 is 0 Å². The van der Waals surface area contributed by atoms with Crippen molar-refractivity contribution in [3.8, 4) is 0 Å². The molecule has 0 fully saturated rings. The number of benzene rings is 1. The molecule has 8 nitrogen and oxygen atoms in total. The molecule has 1 aromatic carbocycles. The molecule has 0 spiro atoms. The molecule has 0 saturated carbocycles. The molecule has 3 aromatic rings. The van der Waals surface area contributed by atoms with Crippen molar-refractivity contribution < 1.29 is 9.59 Å². The highest BCUT2D eigenvalue weighted by molar-refractivity contribution is 14.1. The van der Waals surface area contributed by atoms with E-state index in [1.54, 1.807) is 33.3 Å². The van der Waals surface area contributed by atoms with E-state index in [0.717, 1.165) is 16.8 Å². The lowest BCUT2D eigenvalue weighted by molar-refractivity contribution is 0.1000. The molecule has 0 aliphatic rings. The van der Waals surface area contributed by atoms with Crippen LogP contribution in [-0.2, 0) is 6.54 Å². The van der Waals surface area contributed by atoms with E-state index in [9.17, 15) is 9.59 Å². The second-order valence-electron chi connectivity index (χ2n) is 5.84. The zero-order chi connectivity index (χ0) is 18.8. The predicted molar refractivity (Wildman–Crippen MR) is 107 cm³/mol. The minimum atomic E-state index is -0.508. The van der Waals surface area contributed by atoms with Crippen LogP contribution in [0.15, 0.2) is 30.7 Å². The summed E-state index contributed by atoms with van der Waals surface area (Å²) < 4.78 is 1.47. The number of rotatable bonds is 5. The van der Waals surface area contributed by atoms with Gasteiger partial charge in [-0.25, -0.2) is 9.50 Å². The van der Waals surface area contributed by atoms with Crippen molar-refractivity contribution in [2.24, 2.45) is 5.73 Å². The Morgan fingerprint density at radius 1 is 1.31 bits per heavy atom. The zero-order valence-electron chi connectivity index (χ0n) is 14.2. The Bertz CT molecular complexity index is 1010. The van der Waals surface area contributed by atoms with Gasteiger partial charge in [-0.2, -0.15) is 5.10 Å². The van der Waals surface area contributed by atoms with E-state index < -0.39 is 5.91 Å². The summed E-state index contributed by atoms with van der Waals surface area (Å²) >= 11 is 1.70. The third-order valence-electron chi connectivity index (χ3n) is 4.08. The maximum atomic E-state index is 11.6. The predicted octanol–water partition coefficient (Wildman–Crippen LogP) is 2.83. The molecule has 3 rings (SSSR count). The first-order valence-electron chi connectivity index (χ1n) is 7.79. The van der Waals surface area contributed by atoms with Crippen LogP contribution in [0.25, 0.3) is 5.52 Å². The third-order valence-corrected chi connectivity index (χ3v) is 4.46. The monoisotopic (exact) mass is 464 g/mol. The largest absolute Gasteiger partial charge is 0.366 e. The molecule has 2 amide bonds. The van der Waals surface area contributed by atoms with Gasteiger partial charge in [0.25, 0.3) is 9.82 Å². The number of halogens is 1. The second-order valence-corrected chi connectivity index (χ2v) is 6.82. The van der Waals surface area contributed by atoms with Gasteiger partial charge in [0.05, 0.1) is 5.56 Å². The number of carbonyl (C=O) groups excluding carboxylic acids is 2. The number of carbonyl (C=O) groups is 2. The molecule has 0 bridgehead atoms. The number of hydrogen-bond acceptors (Lipinski definition) is 5. The van der Waals surface area contributed by atoms with Crippen LogP contribution < -0.4 is 16.4 Å². The first kappa shape index (κ1) is 18.1. The summed E-state index contributed by atoms with van der Waals surface area (Å²) in [5, 5.41) is 10.2. The lowest BCUT2D eigenvalue weighted by atomic mass is 10.1. The van der Waals surface area contributed by atoms with Gasteiger partial charge in [-0.3, -0.25) is 9.59 Å². The Kier molecular flexibility index (Phi) is 5.07. The van der Waals surface area contributed by atoms with Crippen LogP contribution in [0.2, 0.25) is 0 Å². The lowest BCUT2D eigenvalue weighted by Crippen LogP contribution is -2.15. The summed E-state index contributed by atoms with van der Waals surface area (Å²) in [5.74, 6) is 0.0647. The fraction of sp³-hybridized carbons (Fsp3) is 0.176. The second kappa shape index (κ2) is 7.28. The number of nitrogens with zero attached hydrogens (tertiary/aromatic N) is 3. The normalized spacial score (nSPS) is 10.7. The smallest absolute Gasteiger partial charge is 0.280 e. The summed E-state index contributed by atoms with van der Waals surface area (Å²) in [5.41, 5.74) is 10.1. The van der Waals surface area contributed by atoms with Crippen molar-refractivity contribution in [2.75, 3.05) is 5.32 Å². The van der Waals surface area contributed by atoms with Gasteiger partial charge in [-0.05, 0) is 36.6 Å². The summed E-state index contributed by atoms with van der Waals surface area (Å²) in [6.07, 6.45) is 3.01. The molecule has 9 heteroatoms. The van der Waals surface area contributed by atoms with E-state index in [4.69, 9.17) is 5.73 Å². The van der Waals surface area contributed by atoms with Gasteiger partial charge in [0, 0.05) is 41.0 Å². The molecule has 134 valence electrons. The van der Waals surface area contributed by atoms with Gasteiger partial charge in [-0.1, -0.05) is 12.1 Å². The van der Waals surface area contributed by atoms with E-state index in [2.05, 4.69) is 20.7 Å². The Morgan fingerprint density at radius 2 is 2.08 bits per heavy atom. The standard InChI is InChI=1S/C17H17IN6O2/c1-9-3-4-11(6-20-17(18)26)5-13(9)23-16-14-10(2)12(15(19)25)7-24(14)22-8-21-16/h3-5,7-8H,6H2,1-2H3,(H2,19,25)(H,20,26)(H,21,22,23). The lowest BCUT2D eigenvalue weighted by Gasteiger charge is -2.12. The molecule has 4 N–H and O–H groups in total. The average Bonchev–Trinajstić information content (AvgIpc) is 2.93. The number of primary amides is 1. The first-order valence-corrected chi connectivity index (χ1v) is 8.87. The van der Waals surface area contributed by atoms with Crippen molar-refractivity contribution in [3.05, 3.63) is 53.0 Å². The first-order chi connectivity index (χ1) is 12.4. The fourth-order valence-corrected chi connectivity index (χ4v) is 2.90. The number of amides is 2. The van der Waals surface area contributed by atoms with Crippen LogP contribution in [0.3, 0.4) is 0 Å². The van der Waals surface area contributed by atoms with Crippen molar-refractivity contribution in [2.45, 2.75) is 20.4 Å². The number of nitrogens with two attached hydrogens (primary N) is 1. The van der Waals surface area contributed by atoms with E-state index in [0.29, 0.717) is 29.0 Å². The van der Waals surface area contributed by atoms with Crippen LogP contribution in [0, 0.1) is 13.8 Å². The zero-order valence-corrected chi connectivity index (χ0v) is 16.4. The van der Waals surface area contributed by atoms with Crippen molar-refractivity contribution in [1.29, 1.82) is 0 Å². The molecule has 0 saturated heterocycles. The minimum absolute atomic E-state index is 0.113. The highest BCUT2D eigenvalue weighted by Crippen LogP contribution is 2.27. The average molecular weight is 464 g/mol. The highest BCUT2D eigenvalue weighted by atomic mass is 127. The molecule has 0 atom stereocenters. The SMILES string of the molecule is Cc1ccc(CNC(=O)I)cc1Nc1ncnn2cc(C(N)=O)c(C)c12. The van der Waals surface area contributed by atoms with Gasteiger partial charge in [0.2, 0.25) is 0 Å². The number of anilines is 2. The Labute approximate surface area is 163 Å². The molecule has 2 heterocycles. The van der Waals surface area contributed by atoms with Crippen molar-refractivity contribution in [1.82, 2.24) is 19.9 Å². The number of nitrogens with one attached hydrogen (secondary N) is 2. The summed E-state index contributed by atoms with van der Waals surface area (Å²) in [7, 11) is 0. The van der Waals surface area contributed by atoms with E-state index in [1.165, 1.54) is 6.33 Å². The third kappa shape index (κ3) is 3.62. The molecule has 26 heavy (non-hydrogen) atoms. The Morgan fingerprint density at radius 3 is 2.77 bits per heavy atom. The molecule has 0 unspecified atom stereocenters. The van der Waals surface area contributed by atoms with E-state index in [1.807, 2.05) is 32.0 Å². The van der Waals surface area contributed by atoms with E-state index >= 15 is 0 Å². The number of aryl methyl sites for hydroxylation is 2. The van der Waals surface area contributed by atoms with Crippen LogP contribution in [0.4, 0.5) is 16.3 Å². The molecular formula is C17H17IN6O2. The Hall–Kier alpha value is -2.69. The molecule has 0 aliphatic heterocycles.